The highest BCUT2D eigenvalue weighted by molar-refractivity contribution is 5.84. The number of nitrogens with one attached hydrogen (secondary N) is 1. The Bertz CT molecular complexity index is 253. The molecule has 6 heteroatoms. The van der Waals surface area contributed by atoms with Crippen LogP contribution >= 0.6 is 0 Å². The fraction of sp³-hybridized carbons (Fsp3) is 0.556. The van der Waals surface area contributed by atoms with Crippen molar-refractivity contribution in [2.24, 2.45) is 0 Å². The van der Waals surface area contributed by atoms with E-state index in [1.54, 1.807) is 0 Å². The number of amides is 2. The molecule has 0 saturated carbocycles. The van der Waals surface area contributed by atoms with E-state index in [2.05, 4.69) is 11.9 Å². The first-order chi connectivity index (χ1) is 6.90. The number of carboxylic acids is 1. The van der Waals surface area contributed by atoms with Crippen LogP contribution in [0.15, 0.2) is 12.2 Å². The Morgan fingerprint density at radius 3 is 2.33 bits per heavy atom. The van der Waals surface area contributed by atoms with Crippen LogP contribution in [0, 0.1) is 0 Å². The zero-order chi connectivity index (χ0) is 12.0. The third kappa shape index (κ3) is 4.46. The van der Waals surface area contributed by atoms with Crippen molar-refractivity contribution in [3.8, 4) is 0 Å². The summed E-state index contributed by atoms with van der Waals surface area (Å²) in [6.07, 6.45) is -0.623. The van der Waals surface area contributed by atoms with Gasteiger partial charge in [-0.25, -0.2) is 9.59 Å². The van der Waals surface area contributed by atoms with Gasteiger partial charge in [0.05, 0.1) is 6.54 Å². The minimum absolute atomic E-state index is 0.176. The minimum atomic E-state index is -0.935. The normalized spacial score (nSPS) is 19.0. The number of aliphatic carboxylic acids is 1. The summed E-state index contributed by atoms with van der Waals surface area (Å²) in [5.74, 6) is -0.935. The fourth-order valence-electron chi connectivity index (χ4n) is 0.880. The molecule has 3 N–H and O–H groups in total. The van der Waals surface area contributed by atoms with Gasteiger partial charge < -0.3 is 15.5 Å². The number of likely N-dealkylation sites (N-methyl/N-ethyl adjacent to an activating group) is 1. The third-order valence-corrected chi connectivity index (χ3v) is 1.76. The first-order valence-electron chi connectivity index (χ1n) is 4.51. The number of carbonyl (C=O) groups excluding carboxylic acids is 1. The van der Waals surface area contributed by atoms with E-state index in [0.29, 0.717) is 13.1 Å². The Kier molecular flexibility index (Phi) is 5.40. The van der Waals surface area contributed by atoms with Gasteiger partial charge in [-0.15, -0.1) is 0 Å². The van der Waals surface area contributed by atoms with Crippen molar-refractivity contribution in [1.29, 1.82) is 0 Å². The van der Waals surface area contributed by atoms with Gasteiger partial charge in [-0.1, -0.05) is 6.58 Å². The molecule has 0 aromatic carbocycles. The Hall–Kier alpha value is -1.56. The maximum Gasteiger partial charge on any atom is 0.330 e. The lowest BCUT2D eigenvalue weighted by molar-refractivity contribution is -0.132. The van der Waals surface area contributed by atoms with E-state index in [9.17, 15) is 9.59 Å². The second kappa shape index (κ2) is 6.02. The van der Waals surface area contributed by atoms with Crippen LogP contribution in [0.5, 0.6) is 0 Å². The quantitative estimate of drug-likeness (QED) is 0.566. The van der Waals surface area contributed by atoms with Gasteiger partial charge in [0.25, 0.3) is 0 Å². The van der Waals surface area contributed by atoms with Crippen molar-refractivity contribution in [1.82, 2.24) is 10.2 Å². The predicted octanol–water partition coefficient (Wildman–Crippen LogP) is -0.00300. The lowest BCUT2D eigenvalue weighted by Gasteiger charge is -2.14. The molecule has 1 aliphatic heterocycles. The van der Waals surface area contributed by atoms with Gasteiger partial charge in [0, 0.05) is 12.1 Å². The summed E-state index contributed by atoms with van der Waals surface area (Å²) in [4.78, 5) is 21.6. The molecule has 1 rings (SSSR count). The number of β-amino-alcohol motifs (C(OH)–C–C–N with tert-alkyl or cyclic N) is 1. The summed E-state index contributed by atoms with van der Waals surface area (Å²) in [5, 5.41) is 19.4. The topological polar surface area (TPSA) is 89.9 Å². The molecule has 1 aliphatic rings. The van der Waals surface area contributed by atoms with Crippen LogP contribution in [-0.4, -0.2) is 46.4 Å². The number of aliphatic hydroxyl groups is 1. The Balaban J connectivity index is 0.000000288. The van der Waals surface area contributed by atoms with Crippen LogP contribution in [0.1, 0.15) is 13.8 Å². The molecule has 0 bridgehead atoms. The molecule has 1 unspecified atom stereocenters. The number of urea groups is 1. The molecule has 0 spiro atoms. The summed E-state index contributed by atoms with van der Waals surface area (Å²) in [7, 11) is 0. The second-order valence-corrected chi connectivity index (χ2v) is 3.04. The van der Waals surface area contributed by atoms with Gasteiger partial charge in [0.1, 0.15) is 6.23 Å². The summed E-state index contributed by atoms with van der Waals surface area (Å²) >= 11 is 0. The first kappa shape index (κ1) is 13.4. The minimum Gasteiger partial charge on any atom is -0.478 e. The van der Waals surface area contributed by atoms with Crippen LogP contribution in [0.25, 0.3) is 0 Å². The molecule has 0 aliphatic carbocycles. The highest BCUT2D eigenvalue weighted by Crippen LogP contribution is 2.01. The SMILES string of the molecule is C=C(C)C(=O)O.CCN1C(=O)NCC1O. The number of nitrogens with zero attached hydrogens (tertiary/aromatic N) is 1. The molecule has 1 heterocycles. The van der Waals surface area contributed by atoms with Crippen molar-refractivity contribution < 1.29 is 19.8 Å². The summed E-state index contributed by atoms with van der Waals surface area (Å²) in [6, 6.07) is -0.176. The van der Waals surface area contributed by atoms with Crippen LogP contribution < -0.4 is 5.32 Å². The summed E-state index contributed by atoms with van der Waals surface area (Å²) in [6.45, 7) is 7.35. The van der Waals surface area contributed by atoms with Gasteiger partial charge in [0.2, 0.25) is 0 Å². The Labute approximate surface area is 88.2 Å². The molecule has 6 nitrogen and oxygen atoms in total. The van der Waals surface area contributed by atoms with Crippen LogP contribution in [0.3, 0.4) is 0 Å². The van der Waals surface area contributed by atoms with Crippen LogP contribution in [-0.2, 0) is 4.79 Å². The van der Waals surface area contributed by atoms with Crippen molar-refractivity contribution in [2.45, 2.75) is 20.1 Å². The van der Waals surface area contributed by atoms with E-state index < -0.39 is 12.2 Å². The smallest absolute Gasteiger partial charge is 0.330 e. The van der Waals surface area contributed by atoms with Crippen molar-refractivity contribution in [3.05, 3.63) is 12.2 Å². The lowest BCUT2D eigenvalue weighted by Crippen LogP contribution is -2.33. The van der Waals surface area contributed by atoms with E-state index in [-0.39, 0.29) is 11.6 Å². The molecule has 0 radical (unpaired) electrons. The van der Waals surface area contributed by atoms with E-state index >= 15 is 0 Å². The van der Waals surface area contributed by atoms with Gasteiger partial charge in [-0.2, -0.15) is 0 Å². The highest BCUT2D eigenvalue weighted by atomic mass is 16.4. The fourth-order valence-corrected chi connectivity index (χ4v) is 0.880. The largest absolute Gasteiger partial charge is 0.478 e. The predicted molar refractivity (Wildman–Crippen MR) is 54.2 cm³/mol. The molecule has 1 fully saturated rings. The zero-order valence-corrected chi connectivity index (χ0v) is 8.86. The van der Waals surface area contributed by atoms with E-state index in [1.807, 2.05) is 6.92 Å². The van der Waals surface area contributed by atoms with Crippen LogP contribution in [0.2, 0.25) is 0 Å². The third-order valence-electron chi connectivity index (χ3n) is 1.76. The average Bonchev–Trinajstić information content (AvgIpc) is 2.46. The summed E-state index contributed by atoms with van der Waals surface area (Å²) in [5.41, 5.74) is 0.176. The monoisotopic (exact) mass is 216 g/mol. The molecule has 0 aromatic rings. The average molecular weight is 216 g/mol. The van der Waals surface area contributed by atoms with Gasteiger partial charge >= 0.3 is 12.0 Å². The zero-order valence-electron chi connectivity index (χ0n) is 8.86. The molecular weight excluding hydrogens is 200 g/mol. The highest BCUT2D eigenvalue weighted by Gasteiger charge is 2.26. The second-order valence-electron chi connectivity index (χ2n) is 3.04. The molecule has 1 saturated heterocycles. The van der Waals surface area contributed by atoms with Crippen LogP contribution in [0.4, 0.5) is 4.79 Å². The summed E-state index contributed by atoms with van der Waals surface area (Å²) < 4.78 is 0. The van der Waals surface area contributed by atoms with Crippen molar-refractivity contribution in [2.75, 3.05) is 13.1 Å². The van der Waals surface area contributed by atoms with Gasteiger partial charge in [-0.05, 0) is 13.8 Å². The molecule has 0 aromatic heterocycles. The molecule has 2 amide bonds. The number of carbonyl (C=O) groups is 2. The number of rotatable bonds is 2. The first-order valence-corrected chi connectivity index (χ1v) is 4.51. The maximum atomic E-state index is 10.7. The Morgan fingerprint density at radius 1 is 1.73 bits per heavy atom. The Morgan fingerprint density at radius 2 is 2.20 bits per heavy atom. The number of hydrogen-bond donors (Lipinski definition) is 3. The van der Waals surface area contributed by atoms with E-state index in [1.165, 1.54) is 11.8 Å². The number of aliphatic hydroxyl groups excluding tert-OH is 1. The molecule has 1 atom stereocenters. The standard InChI is InChI=1S/C5H10N2O2.C4H6O2/c1-2-7-4(8)3-6-5(7)9;1-3(2)4(5)6/h4,8H,2-3H2,1H3,(H,6,9);1H2,2H3,(H,5,6). The maximum absolute atomic E-state index is 10.7. The van der Waals surface area contributed by atoms with Gasteiger partial charge in [-0.3, -0.25) is 4.90 Å². The van der Waals surface area contributed by atoms with Gasteiger partial charge in [0.15, 0.2) is 0 Å². The van der Waals surface area contributed by atoms with E-state index in [4.69, 9.17) is 10.2 Å². The van der Waals surface area contributed by atoms with E-state index in [0.717, 1.165) is 0 Å². The lowest BCUT2D eigenvalue weighted by atomic mass is 10.4. The number of carboxylic acid groups (broad SMARTS) is 1. The van der Waals surface area contributed by atoms with Crippen molar-refractivity contribution in [3.63, 3.8) is 0 Å². The molecule has 86 valence electrons. The number of hydrogen-bond acceptors (Lipinski definition) is 3. The molecule has 15 heavy (non-hydrogen) atoms. The van der Waals surface area contributed by atoms with Crippen molar-refractivity contribution >= 4 is 12.0 Å². The molecular formula is C9H16N2O4.